The number of hydrogen-bond acceptors (Lipinski definition) is 5. The molecule has 2 rings (SSSR count). The van der Waals surface area contributed by atoms with E-state index in [0.29, 0.717) is 12.8 Å². The molecule has 1 heterocycles. The van der Waals surface area contributed by atoms with Crippen LogP contribution in [-0.2, 0) is 25.5 Å². The molecule has 7 heteroatoms. The second kappa shape index (κ2) is 13.1. The number of rotatable bonds is 6. The molecule has 0 radical (unpaired) electrons. The quantitative estimate of drug-likeness (QED) is 0.449. The molecular formula is C26H38N2O5. The van der Waals surface area contributed by atoms with Crippen LogP contribution in [0.1, 0.15) is 58.4 Å². The standard InChI is InChI=1S/C26H38N2O5/c1-19(17-29)27-23(30)16-21-13-9-4-5-10-14-22(15-20-11-7-6-8-12-20)25(32)33-18-26(2,3)28-24(21)31/h4,6-9,11-12,19,21-22,29H,5,10,13-18H2,1-3H3,(H,27,30)(H,28,31)/t19-,21-,22-/m1/s1. The van der Waals surface area contributed by atoms with Crippen molar-refractivity contribution in [2.24, 2.45) is 11.8 Å². The third-order valence-corrected chi connectivity index (χ3v) is 5.69. The van der Waals surface area contributed by atoms with Crippen molar-refractivity contribution in [3.05, 3.63) is 48.0 Å². The molecule has 2 amide bonds. The minimum atomic E-state index is -0.773. The zero-order chi connectivity index (χ0) is 24.3. The summed E-state index contributed by atoms with van der Waals surface area (Å²) in [6.45, 7) is 5.20. The van der Waals surface area contributed by atoms with E-state index in [1.165, 1.54) is 0 Å². The van der Waals surface area contributed by atoms with E-state index < -0.39 is 11.5 Å². The Morgan fingerprint density at radius 3 is 2.64 bits per heavy atom. The molecule has 0 spiro atoms. The first-order chi connectivity index (χ1) is 15.7. The van der Waals surface area contributed by atoms with Gasteiger partial charge in [0.15, 0.2) is 0 Å². The average molecular weight is 459 g/mol. The largest absolute Gasteiger partial charge is 0.463 e. The fraction of sp³-hybridized carbons (Fsp3) is 0.577. The second-order valence-corrected chi connectivity index (χ2v) is 9.56. The summed E-state index contributed by atoms with van der Waals surface area (Å²) >= 11 is 0. The molecule has 0 unspecified atom stereocenters. The van der Waals surface area contributed by atoms with Gasteiger partial charge >= 0.3 is 5.97 Å². The zero-order valence-corrected chi connectivity index (χ0v) is 20.0. The minimum Gasteiger partial charge on any atom is -0.463 e. The summed E-state index contributed by atoms with van der Waals surface area (Å²) in [6, 6.07) is 9.54. The number of benzene rings is 1. The van der Waals surface area contributed by atoms with Crippen molar-refractivity contribution in [3.8, 4) is 0 Å². The molecular weight excluding hydrogens is 420 g/mol. The Bertz CT molecular complexity index is 806. The monoisotopic (exact) mass is 458 g/mol. The van der Waals surface area contributed by atoms with E-state index in [2.05, 4.69) is 10.6 Å². The maximum absolute atomic E-state index is 13.0. The van der Waals surface area contributed by atoms with E-state index in [4.69, 9.17) is 9.84 Å². The fourth-order valence-electron chi connectivity index (χ4n) is 3.79. The van der Waals surface area contributed by atoms with Gasteiger partial charge in [-0.1, -0.05) is 42.5 Å². The maximum Gasteiger partial charge on any atom is 0.309 e. The molecule has 3 N–H and O–H groups in total. The molecule has 0 aromatic heterocycles. The third-order valence-electron chi connectivity index (χ3n) is 5.69. The summed E-state index contributed by atoms with van der Waals surface area (Å²) in [6.07, 6.45) is 7.37. The summed E-state index contributed by atoms with van der Waals surface area (Å²) in [5.41, 5.74) is 0.325. The van der Waals surface area contributed by atoms with E-state index >= 15 is 0 Å². The van der Waals surface area contributed by atoms with Crippen molar-refractivity contribution in [1.29, 1.82) is 0 Å². The number of amides is 2. The number of allylic oxidation sites excluding steroid dienone is 2. The number of carbonyl (C=O) groups excluding carboxylic acids is 3. The topological polar surface area (TPSA) is 105 Å². The van der Waals surface area contributed by atoms with Gasteiger partial charge in [0.25, 0.3) is 0 Å². The van der Waals surface area contributed by atoms with Crippen LogP contribution in [0.5, 0.6) is 0 Å². The van der Waals surface area contributed by atoms with Crippen molar-refractivity contribution in [1.82, 2.24) is 10.6 Å². The molecule has 0 fully saturated rings. The molecule has 1 aliphatic rings. The van der Waals surface area contributed by atoms with Crippen LogP contribution in [0.3, 0.4) is 0 Å². The van der Waals surface area contributed by atoms with Gasteiger partial charge < -0.3 is 20.5 Å². The number of hydrogen-bond donors (Lipinski definition) is 3. The highest BCUT2D eigenvalue weighted by Gasteiger charge is 2.30. The SMILES string of the molecule is C[C@H](CO)NC(=O)C[C@H]1CC=CCCC[C@H](Cc2ccccc2)C(=O)OCC(C)(C)NC1=O. The number of carbonyl (C=O) groups is 3. The Hall–Kier alpha value is -2.67. The third kappa shape index (κ3) is 9.78. The van der Waals surface area contributed by atoms with Gasteiger partial charge in [-0.05, 0) is 58.4 Å². The predicted octanol–water partition coefficient (Wildman–Crippen LogP) is 2.92. The van der Waals surface area contributed by atoms with Gasteiger partial charge in [-0.15, -0.1) is 0 Å². The molecule has 33 heavy (non-hydrogen) atoms. The molecule has 1 aromatic rings. The van der Waals surface area contributed by atoms with Gasteiger partial charge in [-0.3, -0.25) is 14.4 Å². The molecule has 7 nitrogen and oxygen atoms in total. The van der Waals surface area contributed by atoms with Crippen LogP contribution >= 0.6 is 0 Å². The lowest BCUT2D eigenvalue weighted by Gasteiger charge is -2.29. The molecule has 0 saturated carbocycles. The maximum atomic E-state index is 13.0. The summed E-state index contributed by atoms with van der Waals surface area (Å²) in [7, 11) is 0. The first-order valence-corrected chi connectivity index (χ1v) is 11.8. The van der Waals surface area contributed by atoms with Crippen LogP contribution in [0, 0.1) is 11.8 Å². The molecule has 0 bridgehead atoms. The predicted molar refractivity (Wildman–Crippen MR) is 127 cm³/mol. The fourth-order valence-corrected chi connectivity index (χ4v) is 3.79. The van der Waals surface area contributed by atoms with Gasteiger partial charge in [0.1, 0.15) is 6.61 Å². The minimum absolute atomic E-state index is 0.0233. The van der Waals surface area contributed by atoms with E-state index in [-0.39, 0.29) is 49.4 Å². The van der Waals surface area contributed by atoms with Crippen molar-refractivity contribution >= 4 is 17.8 Å². The number of cyclic esters (lactones) is 1. The van der Waals surface area contributed by atoms with E-state index in [1.807, 2.05) is 42.5 Å². The number of aliphatic hydroxyl groups is 1. The lowest BCUT2D eigenvalue weighted by molar-refractivity contribution is -0.151. The van der Waals surface area contributed by atoms with Crippen LogP contribution in [0.4, 0.5) is 0 Å². The van der Waals surface area contributed by atoms with Gasteiger partial charge in [0.05, 0.1) is 24.0 Å². The molecule has 182 valence electrons. The summed E-state index contributed by atoms with van der Waals surface area (Å²) in [4.78, 5) is 38.1. The van der Waals surface area contributed by atoms with Crippen LogP contribution in [0.25, 0.3) is 0 Å². The summed E-state index contributed by atoms with van der Waals surface area (Å²) in [5, 5.41) is 14.8. The Morgan fingerprint density at radius 2 is 1.94 bits per heavy atom. The van der Waals surface area contributed by atoms with Crippen molar-refractivity contribution in [3.63, 3.8) is 0 Å². The first-order valence-electron chi connectivity index (χ1n) is 11.8. The van der Waals surface area contributed by atoms with Crippen LogP contribution in [0.2, 0.25) is 0 Å². The lowest BCUT2D eigenvalue weighted by Crippen LogP contribution is -2.50. The summed E-state index contributed by atoms with van der Waals surface area (Å²) < 4.78 is 5.64. The van der Waals surface area contributed by atoms with Gasteiger partial charge in [-0.2, -0.15) is 0 Å². The lowest BCUT2D eigenvalue weighted by atomic mass is 9.93. The van der Waals surface area contributed by atoms with E-state index in [0.717, 1.165) is 24.8 Å². The highest BCUT2D eigenvalue weighted by Crippen LogP contribution is 2.20. The van der Waals surface area contributed by atoms with Crippen LogP contribution in [-0.4, -0.2) is 47.7 Å². The zero-order valence-electron chi connectivity index (χ0n) is 20.0. The van der Waals surface area contributed by atoms with E-state index in [9.17, 15) is 14.4 Å². The van der Waals surface area contributed by atoms with Crippen LogP contribution in [0.15, 0.2) is 42.5 Å². The second-order valence-electron chi connectivity index (χ2n) is 9.56. The Balaban J connectivity index is 2.09. The van der Waals surface area contributed by atoms with Gasteiger partial charge in [0, 0.05) is 12.5 Å². The highest BCUT2D eigenvalue weighted by atomic mass is 16.5. The van der Waals surface area contributed by atoms with Crippen LogP contribution < -0.4 is 10.6 Å². The van der Waals surface area contributed by atoms with Gasteiger partial charge in [-0.25, -0.2) is 0 Å². The Labute approximate surface area is 197 Å². The highest BCUT2D eigenvalue weighted by molar-refractivity contribution is 5.86. The normalized spacial score (nSPS) is 23.0. The Kier molecular flexibility index (Phi) is 10.6. The molecule has 1 aromatic carbocycles. The molecule has 0 aliphatic carbocycles. The van der Waals surface area contributed by atoms with E-state index in [1.54, 1.807) is 20.8 Å². The molecule has 1 aliphatic heterocycles. The number of esters is 1. The first kappa shape index (κ1) is 26.6. The number of aliphatic hydroxyl groups excluding tert-OH is 1. The van der Waals surface area contributed by atoms with Crippen molar-refractivity contribution in [2.45, 2.75) is 70.9 Å². The Morgan fingerprint density at radius 1 is 1.21 bits per heavy atom. The number of ether oxygens (including phenoxy) is 1. The van der Waals surface area contributed by atoms with Gasteiger partial charge in [0.2, 0.25) is 11.8 Å². The number of nitrogens with one attached hydrogen (secondary N) is 2. The van der Waals surface area contributed by atoms with Crippen molar-refractivity contribution < 1.29 is 24.2 Å². The molecule has 3 atom stereocenters. The molecule has 0 saturated heterocycles. The summed E-state index contributed by atoms with van der Waals surface area (Å²) in [5.74, 6) is -1.57. The smallest absolute Gasteiger partial charge is 0.309 e. The average Bonchev–Trinajstić information content (AvgIpc) is 2.77. The van der Waals surface area contributed by atoms with Crippen molar-refractivity contribution in [2.75, 3.05) is 13.2 Å².